The molecule has 3 fully saturated rings. The highest BCUT2D eigenvalue weighted by molar-refractivity contribution is 5.20. The van der Waals surface area contributed by atoms with Crippen LogP contribution in [0.25, 0.3) is 0 Å². The van der Waals surface area contributed by atoms with Gasteiger partial charge >= 0.3 is 0 Å². The van der Waals surface area contributed by atoms with Crippen LogP contribution >= 0.6 is 0 Å². The molecule has 4 heterocycles. The van der Waals surface area contributed by atoms with Crippen molar-refractivity contribution in [3.63, 3.8) is 0 Å². The van der Waals surface area contributed by atoms with Crippen LogP contribution in [0, 0.1) is 0 Å². The monoisotopic (exact) mass is 358 g/mol. The summed E-state index contributed by atoms with van der Waals surface area (Å²) in [6.45, 7) is 7.59. The van der Waals surface area contributed by atoms with Crippen molar-refractivity contribution in [2.24, 2.45) is 0 Å². The fourth-order valence-electron chi connectivity index (χ4n) is 4.04. The van der Waals surface area contributed by atoms with E-state index in [1.165, 1.54) is 7.11 Å². The van der Waals surface area contributed by atoms with Gasteiger partial charge in [0.2, 0.25) is 0 Å². The van der Waals surface area contributed by atoms with Crippen LogP contribution in [0.4, 0.5) is 0 Å². The Labute approximate surface area is 146 Å². The van der Waals surface area contributed by atoms with Crippen molar-refractivity contribution < 1.29 is 38.3 Å². The molecule has 0 aromatic carbocycles. The zero-order valence-corrected chi connectivity index (χ0v) is 15.1. The third kappa shape index (κ3) is 2.76. The minimum Gasteiger partial charge on any atom is -0.386 e. The van der Waals surface area contributed by atoms with E-state index in [4.69, 9.17) is 33.2 Å². The van der Waals surface area contributed by atoms with Gasteiger partial charge in [0.1, 0.15) is 24.4 Å². The maximum absolute atomic E-state index is 10.9. The SMILES string of the molecule is CO[C@@H]1C=C[C@@H](O)[C@@]2(O1)[C@@H]([C@@H]1COC(C)(C)O1)O[C@@H]1OC(C)(C)O[C@@H]12. The summed E-state index contributed by atoms with van der Waals surface area (Å²) in [6, 6.07) is 0. The molecular weight excluding hydrogens is 332 g/mol. The zero-order chi connectivity index (χ0) is 18.0. The van der Waals surface area contributed by atoms with E-state index in [0.717, 1.165) is 0 Å². The van der Waals surface area contributed by atoms with E-state index in [1.807, 2.05) is 13.8 Å². The van der Waals surface area contributed by atoms with E-state index in [9.17, 15) is 5.11 Å². The summed E-state index contributed by atoms with van der Waals surface area (Å²) in [5.41, 5.74) is -1.22. The quantitative estimate of drug-likeness (QED) is 0.721. The van der Waals surface area contributed by atoms with Gasteiger partial charge in [-0.1, -0.05) is 6.08 Å². The van der Waals surface area contributed by atoms with Crippen LogP contribution in [0.15, 0.2) is 12.2 Å². The summed E-state index contributed by atoms with van der Waals surface area (Å²) in [4.78, 5) is 0. The Morgan fingerprint density at radius 1 is 0.960 bits per heavy atom. The lowest BCUT2D eigenvalue weighted by atomic mass is 9.82. The first-order chi connectivity index (χ1) is 11.7. The molecule has 1 N–H and O–H groups in total. The molecule has 0 saturated carbocycles. The van der Waals surface area contributed by atoms with Crippen molar-refractivity contribution in [2.45, 2.75) is 81.9 Å². The fraction of sp³-hybridized carbons (Fsp3) is 0.882. The number of aliphatic hydroxyl groups is 1. The van der Waals surface area contributed by atoms with Gasteiger partial charge < -0.3 is 38.3 Å². The smallest absolute Gasteiger partial charge is 0.190 e. The molecule has 0 aliphatic carbocycles. The Kier molecular flexibility index (Phi) is 4.07. The van der Waals surface area contributed by atoms with E-state index in [-0.39, 0.29) is 0 Å². The van der Waals surface area contributed by atoms with Crippen molar-refractivity contribution in [2.75, 3.05) is 13.7 Å². The topological polar surface area (TPSA) is 84.8 Å². The maximum atomic E-state index is 10.9. The minimum atomic E-state index is -1.22. The largest absolute Gasteiger partial charge is 0.386 e. The molecule has 25 heavy (non-hydrogen) atoms. The Bertz CT molecular complexity index is 561. The molecule has 8 heteroatoms. The number of hydrogen-bond acceptors (Lipinski definition) is 8. The Hall–Kier alpha value is -0.580. The average Bonchev–Trinajstić information content (AvgIpc) is 3.12. The van der Waals surface area contributed by atoms with E-state index in [2.05, 4.69) is 0 Å². The second kappa shape index (κ2) is 5.71. The average molecular weight is 358 g/mol. The Balaban J connectivity index is 1.71. The number of methoxy groups -OCH3 is 1. The molecule has 142 valence electrons. The Morgan fingerprint density at radius 3 is 2.36 bits per heavy atom. The van der Waals surface area contributed by atoms with Gasteiger partial charge in [-0.3, -0.25) is 0 Å². The van der Waals surface area contributed by atoms with Gasteiger partial charge in [0, 0.05) is 7.11 Å². The standard InChI is InChI=1S/C17H26O8/c1-15(2)20-8-9(22-15)12-17(10(18)6-7-11(19-5)23-17)13-14(21-12)25-16(3,4)24-13/h6-7,9-14,18H,8H2,1-5H3/t9-,10+,11-,12+,13-,14+,17+/m0/s1. The predicted molar refractivity (Wildman–Crippen MR) is 83.4 cm³/mol. The van der Waals surface area contributed by atoms with Crippen LogP contribution in [0.2, 0.25) is 0 Å². The summed E-state index contributed by atoms with van der Waals surface area (Å²) in [6.07, 6.45) is -0.668. The summed E-state index contributed by atoms with van der Waals surface area (Å²) in [7, 11) is 1.54. The van der Waals surface area contributed by atoms with Crippen molar-refractivity contribution in [1.82, 2.24) is 0 Å². The zero-order valence-electron chi connectivity index (χ0n) is 15.1. The molecular formula is C17H26O8. The normalized spacial score (nSPS) is 50.5. The summed E-state index contributed by atoms with van der Waals surface area (Å²) in [5, 5.41) is 10.9. The molecule has 4 aliphatic heterocycles. The molecule has 3 saturated heterocycles. The fourth-order valence-corrected chi connectivity index (χ4v) is 4.04. The molecule has 0 unspecified atom stereocenters. The lowest BCUT2D eigenvalue weighted by molar-refractivity contribution is -0.296. The maximum Gasteiger partial charge on any atom is 0.190 e. The van der Waals surface area contributed by atoms with Crippen molar-refractivity contribution in [3.05, 3.63) is 12.2 Å². The molecule has 4 aliphatic rings. The lowest BCUT2D eigenvalue weighted by Gasteiger charge is -2.45. The summed E-state index contributed by atoms with van der Waals surface area (Å²) < 4.78 is 41.2. The van der Waals surface area contributed by atoms with Crippen LogP contribution in [-0.2, 0) is 33.2 Å². The van der Waals surface area contributed by atoms with Gasteiger partial charge in [-0.05, 0) is 33.8 Å². The number of aliphatic hydroxyl groups excluding tert-OH is 1. The molecule has 1 spiro atoms. The van der Waals surface area contributed by atoms with Gasteiger partial charge in [0.05, 0.1) is 6.61 Å². The lowest BCUT2D eigenvalue weighted by Crippen LogP contribution is -2.64. The van der Waals surface area contributed by atoms with Crippen LogP contribution in [0.3, 0.4) is 0 Å². The second-order valence-electron chi connectivity index (χ2n) is 7.75. The molecule has 0 bridgehead atoms. The van der Waals surface area contributed by atoms with E-state index >= 15 is 0 Å². The van der Waals surface area contributed by atoms with Crippen molar-refractivity contribution in [1.29, 1.82) is 0 Å². The highest BCUT2D eigenvalue weighted by Crippen LogP contribution is 2.51. The second-order valence-corrected chi connectivity index (χ2v) is 7.75. The van der Waals surface area contributed by atoms with Crippen molar-refractivity contribution >= 4 is 0 Å². The van der Waals surface area contributed by atoms with E-state index in [1.54, 1.807) is 26.0 Å². The summed E-state index contributed by atoms with van der Waals surface area (Å²) >= 11 is 0. The van der Waals surface area contributed by atoms with Crippen LogP contribution in [0.1, 0.15) is 27.7 Å². The van der Waals surface area contributed by atoms with E-state index < -0.39 is 54.2 Å². The van der Waals surface area contributed by atoms with Crippen LogP contribution in [-0.4, -0.2) is 73.0 Å². The first-order valence-electron chi connectivity index (χ1n) is 8.57. The third-order valence-corrected chi connectivity index (χ3v) is 5.06. The highest BCUT2D eigenvalue weighted by Gasteiger charge is 2.71. The van der Waals surface area contributed by atoms with E-state index in [0.29, 0.717) is 6.61 Å². The third-order valence-electron chi connectivity index (χ3n) is 5.06. The van der Waals surface area contributed by atoms with Gasteiger partial charge in [-0.15, -0.1) is 0 Å². The molecule has 0 aromatic heterocycles. The van der Waals surface area contributed by atoms with Crippen molar-refractivity contribution in [3.8, 4) is 0 Å². The first kappa shape index (κ1) is 17.8. The number of hydrogen-bond donors (Lipinski definition) is 1. The predicted octanol–water partition coefficient (Wildman–Crippen LogP) is 0.673. The van der Waals surface area contributed by atoms with Gasteiger partial charge in [0.25, 0.3) is 0 Å². The number of ether oxygens (including phenoxy) is 7. The molecule has 4 rings (SSSR count). The highest BCUT2D eigenvalue weighted by atomic mass is 16.9. The molecule has 0 aromatic rings. The molecule has 0 radical (unpaired) electrons. The van der Waals surface area contributed by atoms with Crippen LogP contribution in [0.5, 0.6) is 0 Å². The molecule has 8 nitrogen and oxygen atoms in total. The molecule has 0 amide bonds. The Morgan fingerprint density at radius 2 is 1.72 bits per heavy atom. The molecule has 7 atom stereocenters. The number of rotatable bonds is 2. The summed E-state index contributed by atoms with van der Waals surface area (Å²) in [5.74, 6) is -1.57. The van der Waals surface area contributed by atoms with Gasteiger partial charge in [0.15, 0.2) is 29.8 Å². The first-order valence-corrected chi connectivity index (χ1v) is 8.57. The minimum absolute atomic E-state index is 0.319. The number of fused-ring (bicyclic) bond motifs is 2. The van der Waals surface area contributed by atoms with Gasteiger partial charge in [-0.2, -0.15) is 0 Å². The van der Waals surface area contributed by atoms with Gasteiger partial charge in [-0.25, -0.2) is 0 Å². The van der Waals surface area contributed by atoms with Crippen LogP contribution < -0.4 is 0 Å².